The van der Waals surface area contributed by atoms with E-state index in [0.717, 1.165) is 31.9 Å². The highest BCUT2D eigenvalue weighted by molar-refractivity contribution is 7.23. The first-order chi connectivity index (χ1) is 11.0. The summed E-state index contributed by atoms with van der Waals surface area (Å²) in [6, 6.07) is 2.04. The predicted molar refractivity (Wildman–Crippen MR) is 88.6 cm³/mol. The number of hydrogen-bond acceptors (Lipinski definition) is 8. The molecule has 0 saturated heterocycles. The molecule has 0 aromatic carbocycles. The van der Waals surface area contributed by atoms with Crippen LogP contribution in [0.1, 0.15) is 31.2 Å². The van der Waals surface area contributed by atoms with Crippen molar-refractivity contribution in [3.63, 3.8) is 0 Å². The van der Waals surface area contributed by atoms with Crippen LogP contribution in [0.4, 0.5) is 0 Å². The van der Waals surface area contributed by atoms with Gasteiger partial charge in [0.2, 0.25) is 10.8 Å². The minimum absolute atomic E-state index is 0.357. The van der Waals surface area contributed by atoms with E-state index in [9.17, 15) is 0 Å². The molecule has 0 radical (unpaired) electrons. The number of aryl methyl sites for hydroxylation is 2. The van der Waals surface area contributed by atoms with Crippen molar-refractivity contribution in [2.75, 3.05) is 0 Å². The number of nitrogens with zero attached hydrogens (tertiary/aromatic N) is 8. The van der Waals surface area contributed by atoms with E-state index in [1.807, 2.05) is 24.7 Å². The van der Waals surface area contributed by atoms with Gasteiger partial charge in [-0.1, -0.05) is 29.7 Å². The van der Waals surface area contributed by atoms with Crippen molar-refractivity contribution in [3.8, 4) is 21.4 Å². The van der Waals surface area contributed by atoms with Crippen LogP contribution in [-0.2, 0) is 7.05 Å². The summed E-state index contributed by atoms with van der Waals surface area (Å²) in [5.74, 6) is 1.05. The maximum absolute atomic E-state index is 4.65. The minimum Gasteiger partial charge on any atom is -0.264 e. The Morgan fingerprint density at radius 3 is 2.61 bits per heavy atom. The average molecular weight is 346 g/mol. The molecule has 0 N–H and O–H groups in total. The van der Waals surface area contributed by atoms with Gasteiger partial charge in [-0.2, -0.15) is 14.7 Å². The van der Waals surface area contributed by atoms with Crippen LogP contribution < -0.4 is 0 Å². The lowest BCUT2D eigenvalue weighted by molar-refractivity contribution is 0.713. The van der Waals surface area contributed by atoms with Gasteiger partial charge in [0, 0.05) is 7.05 Å². The summed E-state index contributed by atoms with van der Waals surface area (Å²) in [6.07, 6.45) is 0. The van der Waals surface area contributed by atoms with Gasteiger partial charge in [-0.05, 0) is 30.4 Å². The quantitative estimate of drug-likeness (QED) is 0.566. The molecule has 23 heavy (non-hydrogen) atoms. The Hall–Kier alpha value is -2.20. The molecule has 0 saturated carbocycles. The van der Waals surface area contributed by atoms with Crippen LogP contribution in [0.3, 0.4) is 0 Å². The standard InChI is InChI=1S/C13H14N8S2/c1-6(2)8-5-9(20(4)17-8)11-15-16-13-21(11)18-12(22-13)10-7(3)14-19-23-10/h5-6H,1-4H3. The van der Waals surface area contributed by atoms with Gasteiger partial charge < -0.3 is 0 Å². The van der Waals surface area contributed by atoms with Crippen molar-refractivity contribution >= 4 is 27.8 Å². The molecular weight excluding hydrogens is 332 g/mol. The second-order valence-corrected chi connectivity index (χ2v) is 7.26. The SMILES string of the molecule is Cc1nnsc1-c1nn2c(-c3cc(C(C)C)nn3C)nnc2s1. The van der Waals surface area contributed by atoms with Gasteiger partial charge >= 0.3 is 0 Å². The smallest absolute Gasteiger partial charge is 0.235 e. The van der Waals surface area contributed by atoms with Gasteiger partial charge in [-0.3, -0.25) is 4.68 Å². The normalized spacial score (nSPS) is 11.9. The third kappa shape index (κ3) is 2.25. The number of aromatic nitrogens is 8. The van der Waals surface area contributed by atoms with E-state index in [1.165, 1.54) is 22.9 Å². The summed E-state index contributed by atoms with van der Waals surface area (Å²) in [5.41, 5.74) is 2.80. The topological polar surface area (TPSA) is 86.7 Å². The minimum atomic E-state index is 0.357. The van der Waals surface area contributed by atoms with Crippen molar-refractivity contribution in [1.82, 2.24) is 39.2 Å². The van der Waals surface area contributed by atoms with Crippen molar-refractivity contribution in [2.45, 2.75) is 26.7 Å². The second-order valence-electron chi connectivity index (χ2n) is 5.55. The highest BCUT2D eigenvalue weighted by Crippen LogP contribution is 2.31. The Bertz CT molecular complexity index is 989. The van der Waals surface area contributed by atoms with Crippen LogP contribution in [-0.4, -0.2) is 39.2 Å². The van der Waals surface area contributed by atoms with Gasteiger partial charge in [-0.25, -0.2) is 0 Å². The molecule has 10 heteroatoms. The Kier molecular flexibility index (Phi) is 3.23. The van der Waals surface area contributed by atoms with Crippen LogP contribution in [0.15, 0.2) is 6.07 Å². The predicted octanol–water partition coefficient (Wildman–Crippen LogP) is 2.54. The molecule has 4 heterocycles. The first-order valence-electron chi connectivity index (χ1n) is 7.10. The lowest BCUT2D eigenvalue weighted by Crippen LogP contribution is -1.99. The van der Waals surface area contributed by atoms with Gasteiger partial charge in [0.25, 0.3) is 0 Å². The zero-order valence-corrected chi connectivity index (χ0v) is 14.7. The molecule has 0 fully saturated rings. The van der Waals surface area contributed by atoms with Crippen LogP contribution in [0.5, 0.6) is 0 Å². The summed E-state index contributed by atoms with van der Waals surface area (Å²) in [5, 5.41) is 22.6. The van der Waals surface area contributed by atoms with Crippen molar-refractivity contribution in [2.24, 2.45) is 7.05 Å². The third-order valence-corrected chi connectivity index (χ3v) is 5.44. The molecular formula is C13H14N8S2. The molecule has 0 amide bonds. The summed E-state index contributed by atoms with van der Waals surface area (Å²) in [4.78, 5) is 1.72. The van der Waals surface area contributed by atoms with E-state index in [4.69, 9.17) is 0 Å². The maximum atomic E-state index is 4.65. The fourth-order valence-corrected chi connectivity index (χ4v) is 3.88. The van der Waals surface area contributed by atoms with E-state index in [1.54, 1.807) is 4.52 Å². The van der Waals surface area contributed by atoms with E-state index >= 15 is 0 Å². The molecule has 0 aliphatic rings. The summed E-state index contributed by atoms with van der Waals surface area (Å²) < 4.78 is 7.56. The van der Waals surface area contributed by atoms with Crippen molar-refractivity contribution in [3.05, 3.63) is 17.5 Å². The molecule has 4 aromatic heterocycles. The Morgan fingerprint density at radius 2 is 1.96 bits per heavy atom. The van der Waals surface area contributed by atoms with Gasteiger partial charge in [0.05, 0.1) is 11.4 Å². The molecule has 4 aromatic rings. The molecule has 0 spiro atoms. The Morgan fingerprint density at radius 1 is 1.13 bits per heavy atom. The molecule has 8 nitrogen and oxygen atoms in total. The van der Waals surface area contributed by atoms with E-state index < -0.39 is 0 Å². The Labute approximate surface area is 140 Å². The molecule has 0 unspecified atom stereocenters. The second kappa shape index (κ2) is 5.17. The van der Waals surface area contributed by atoms with Crippen LogP contribution in [0.2, 0.25) is 0 Å². The van der Waals surface area contributed by atoms with Gasteiger partial charge in [0.15, 0.2) is 5.01 Å². The lowest BCUT2D eigenvalue weighted by atomic mass is 10.1. The fourth-order valence-electron chi connectivity index (χ4n) is 2.28. The molecule has 118 valence electrons. The molecule has 0 aliphatic carbocycles. The van der Waals surface area contributed by atoms with Crippen LogP contribution in [0.25, 0.3) is 26.4 Å². The van der Waals surface area contributed by atoms with Gasteiger partial charge in [-0.15, -0.1) is 15.3 Å². The first kappa shape index (κ1) is 14.4. The highest BCUT2D eigenvalue weighted by atomic mass is 32.1. The average Bonchev–Trinajstić information content (AvgIpc) is 3.21. The molecule has 0 aliphatic heterocycles. The number of hydrogen-bond donors (Lipinski definition) is 0. The van der Waals surface area contributed by atoms with Crippen LogP contribution in [0, 0.1) is 6.92 Å². The zero-order chi connectivity index (χ0) is 16.1. The molecule has 0 bridgehead atoms. The number of fused-ring (bicyclic) bond motifs is 1. The van der Waals surface area contributed by atoms with E-state index in [0.29, 0.717) is 11.7 Å². The van der Waals surface area contributed by atoms with Crippen LogP contribution >= 0.6 is 22.9 Å². The van der Waals surface area contributed by atoms with Crippen molar-refractivity contribution in [1.29, 1.82) is 0 Å². The van der Waals surface area contributed by atoms with E-state index in [2.05, 4.69) is 43.8 Å². The van der Waals surface area contributed by atoms with Crippen molar-refractivity contribution < 1.29 is 0 Å². The van der Waals surface area contributed by atoms with Gasteiger partial charge in [0.1, 0.15) is 10.6 Å². The fraction of sp³-hybridized carbons (Fsp3) is 0.385. The Balaban J connectivity index is 1.86. The first-order valence-corrected chi connectivity index (χ1v) is 8.69. The molecule has 4 rings (SSSR count). The maximum Gasteiger partial charge on any atom is 0.235 e. The number of rotatable bonds is 3. The lowest BCUT2D eigenvalue weighted by Gasteiger charge is -1.96. The molecule has 0 atom stereocenters. The summed E-state index contributed by atoms with van der Waals surface area (Å²) in [7, 11) is 1.91. The largest absolute Gasteiger partial charge is 0.264 e. The zero-order valence-electron chi connectivity index (χ0n) is 13.0. The monoisotopic (exact) mass is 346 g/mol. The van der Waals surface area contributed by atoms with E-state index in [-0.39, 0.29) is 0 Å². The third-order valence-electron chi connectivity index (χ3n) is 3.56. The highest BCUT2D eigenvalue weighted by Gasteiger charge is 2.20. The summed E-state index contributed by atoms with van der Waals surface area (Å²) >= 11 is 2.82. The summed E-state index contributed by atoms with van der Waals surface area (Å²) in [6.45, 7) is 6.16.